The quantitative estimate of drug-likeness (QED) is 0.618. The molecule has 1 saturated carbocycles. The highest BCUT2D eigenvalue weighted by Crippen LogP contribution is 2.35. The molecule has 3 N–H and O–H groups in total. The van der Waals surface area contributed by atoms with E-state index in [1.165, 1.54) is 45.1 Å². The molecule has 0 spiro atoms. The van der Waals surface area contributed by atoms with Gasteiger partial charge in [-0.3, -0.25) is 0 Å². The molecule has 0 bridgehead atoms. The SMILES string of the molecule is CCCC1CC1NCCCC(CCN)C(C)(C)C. The van der Waals surface area contributed by atoms with Gasteiger partial charge in [0.05, 0.1) is 0 Å². The lowest BCUT2D eigenvalue weighted by molar-refractivity contribution is 0.210. The first kappa shape index (κ1) is 16.0. The van der Waals surface area contributed by atoms with Gasteiger partial charge in [0.25, 0.3) is 0 Å². The molecule has 1 rings (SSSR count). The van der Waals surface area contributed by atoms with Crippen molar-refractivity contribution in [2.45, 2.75) is 72.3 Å². The van der Waals surface area contributed by atoms with Crippen molar-refractivity contribution < 1.29 is 0 Å². The van der Waals surface area contributed by atoms with E-state index in [0.717, 1.165) is 24.4 Å². The van der Waals surface area contributed by atoms with E-state index < -0.39 is 0 Å². The lowest BCUT2D eigenvalue weighted by Gasteiger charge is -2.30. The Morgan fingerprint density at radius 1 is 1.28 bits per heavy atom. The molecule has 2 heteroatoms. The van der Waals surface area contributed by atoms with E-state index in [9.17, 15) is 0 Å². The lowest BCUT2D eigenvalue weighted by atomic mass is 9.76. The second-order valence-electron chi connectivity index (χ2n) is 7.13. The first-order valence-corrected chi connectivity index (χ1v) is 7.92. The minimum atomic E-state index is 0.406. The van der Waals surface area contributed by atoms with Crippen molar-refractivity contribution in [3.63, 3.8) is 0 Å². The molecule has 1 fully saturated rings. The number of hydrogen-bond donors (Lipinski definition) is 2. The van der Waals surface area contributed by atoms with Gasteiger partial charge in [-0.1, -0.05) is 34.1 Å². The normalized spacial score (nSPS) is 25.2. The third-order valence-corrected chi connectivity index (χ3v) is 4.46. The standard InChI is InChI=1S/C16H34N2/c1-5-7-13-12-15(13)18-11-6-8-14(9-10-17)16(2,3)4/h13-15,18H,5-12,17H2,1-4H3. The van der Waals surface area contributed by atoms with E-state index in [0.29, 0.717) is 5.41 Å². The first-order valence-electron chi connectivity index (χ1n) is 7.92. The van der Waals surface area contributed by atoms with Crippen LogP contribution in [0.25, 0.3) is 0 Å². The molecular formula is C16H34N2. The van der Waals surface area contributed by atoms with Gasteiger partial charge >= 0.3 is 0 Å². The van der Waals surface area contributed by atoms with Crippen LogP contribution < -0.4 is 11.1 Å². The zero-order chi connectivity index (χ0) is 13.6. The minimum absolute atomic E-state index is 0.406. The van der Waals surface area contributed by atoms with Crippen LogP contribution in [0.1, 0.15) is 66.2 Å². The van der Waals surface area contributed by atoms with Crippen LogP contribution in [0.3, 0.4) is 0 Å². The van der Waals surface area contributed by atoms with Crippen LogP contribution >= 0.6 is 0 Å². The van der Waals surface area contributed by atoms with Crippen molar-refractivity contribution in [3.8, 4) is 0 Å². The van der Waals surface area contributed by atoms with Gasteiger partial charge in [-0.15, -0.1) is 0 Å². The molecule has 0 amide bonds. The summed E-state index contributed by atoms with van der Waals surface area (Å²) in [6.45, 7) is 11.4. The van der Waals surface area contributed by atoms with Gasteiger partial charge in [-0.2, -0.15) is 0 Å². The van der Waals surface area contributed by atoms with E-state index in [-0.39, 0.29) is 0 Å². The fourth-order valence-electron chi connectivity index (χ4n) is 3.03. The highest BCUT2D eigenvalue weighted by Gasteiger charge is 2.35. The molecule has 2 nitrogen and oxygen atoms in total. The molecule has 1 aliphatic rings. The van der Waals surface area contributed by atoms with Crippen molar-refractivity contribution in [2.75, 3.05) is 13.1 Å². The van der Waals surface area contributed by atoms with Crippen LogP contribution in [-0.2, 0) is 0 Å². The van der Waals surface area contributed by atoms with Crippen molar-refractivity contribution in [1.29, 1.82) is 0 Å². The largest absolute Gasteiger partial charge is 0.330 e. The molecule has 0 radical (unpaired) electrons. The summed E-state index contributed by atoms with van der Waals surface area (Å²) < 4.78 is 0. The van der Waals surface area contributed by atoms with E-state index in [4.69, 9.17) is 5.73 Å². The van der Waals surface area contributed by atoms with Crippen LogP contribution in [0.15, 0.2) is 0 Å². The summed E-state index contributed by atoms with van der Waals surface area (Å²) >= 11 is 0. The van der Waals surface area contributed by atoms with Gasteiger partial charge < -0.3 is 11.1 Å². The highest BCUT2D eigenvalue weighted by molar-refractivity contribution is 4.92. The number of rotatable bonds is 9. The predicted molar refractivity (Wildman–Crippen MR) is 80.7 cm³/mol. The van der Waals surface area contributed by atoms with Crippen LogP contribution in [0.5, 0.6) is 0 Å². The van der Waals surface area contributed by atoms with Crippen LogP contribution in [0.4, 0.5) is 0 Å². The number of hydrogen-bond acceptors (Lipinski definition) is 2. The summed E-state index contributed by atoms with van der Waals surface area (Å²) in [5.74, 6) is 1.76. The van der Waals surface area contributed by atoms with Gasteiger partial charge in [0, 0.05) is 6.04 Å². The van der Waals surface area contributed by atoms with Crippen molar-refractivity contribution in [1.82, 2.24) is 5.32 Å². The van der Waals surface area contributed by atoms with E-state index in [2.05, 4.69) is 33.0 Å². The zero-order valence-corrected chi connectivity index (χ0v) is 13.0. The van der Waals surface area contributed by atoms with E-state index >= 15 is 0 Å². The Kier molecular flexibility index (Phi) is 6.65. The fourth-order valence-corrected chi connectivity index (χ4v) is 3.03. The maximum absolute atomic E-state index is 5.72. The highest BCUT2D eigenvalue weighted by atomic mass is 15.0. The first-order chi connectivity index (χ1) is 8.49. The summed E-state index contributed by atoms with van der Waals surface area (Å²) in [6.07, 6.45) is 7.96. The molecular weight excluding hydrogens is 220 g/mol. The molecule has 0 aromatic rings. The van der Waals surface area contributed by atoms with Crippen molar-refractivity contribution >= 4 is 0 Å². The molecule has 108 valence electrons. The molecule has 3 atom stereocenters. The third kappa shape index (κ3) is 5.71. The van der Waals surface area contributed by atoms with Crippen LogP contribution in [-0.4, -0.2) is 19.1 Å². The zero-order valence-electron chi connectivity index (χ0n) is 13.0. The Labute approximate surface area is 114 Å². The molecule has 0 saturated heterocycles. The Morgan fingerprint density at radius 3 is 2.56 bits per heavy atom. The second kappa shape index (κ2) is 7.49. The van der Waals surface area contributed by atoms with Gasteiger partial charge in [0.1, 0.15) is 0 Å². The van der Waals surface area contributed by atoms with Gasteiger partial charge in [-0.25, -0.2) is 0 Å². The molecule has 18 heavy (non-hydrogen) atoms. The second-order valence-corrected chi connectivity index (χ2v) is 7.13. The van der Waals surface area contributed by atoms with Crippen LogP contribution in [0, 0.1) is 17.3 Å². The Bertz CT molecular complexity index is 220. The average Bonchev–Trinajstić information content (AvgIpc) is 3.00. The lowest BCUT2D eigenvalue weighted by Crippen LogP contribution is -2.26. The summed E-state index contributed by atoms with van der Waals surface area (Å²) in [6, 6.07) is 0.840. The van der Waals surface area contributed by atoms with Crippen molar-refractivity contribution in [2.24, 2.45) is 23.0 Å². The maximum Gasteiger partial charge on any atom is 0.00991 e. The number of nitrogens with one attached hydrogen (secondary N) is 1. The molecule has 0 aromatic heterocycles. The van der Waals surface area contributed by atoms with Crippen molar-refractivity contribution in [3.05, 3.63) is 0 Å². The molecule has 1 aliphatic carbocycles. The molecule has 3 unspecified atom stereocenters. The summed E-state index contributed by atoms with van der Waals surface area (Å²) in [5, 5.41) is 3.71. The summed E-state index contributed by atoms with van der Waals surface area (Å²) in [4.78, 5) is 0. The smallest absolute Gasteiger partial charge is 0.00991 e. The Morgan fingerprint density at radius 2 is 2.00 bits per heavy atom. The van der Waals surface area contributed by atoms with Gasteiger partial charge in [0.15, 0.2) is 0 Å². The Hall–Kier alpha value is -0.0800. The predicted octanol–water partition coefficient (Wildman–Crippen LogP) is 3.56. The average molecular weight is 254 g/mol. The van der Waals surface area contributed by atoms with Crippen LogP contribution in [0.2, 0.25) is 0 Å². The molecule has 0 heterocycles. The molecule has 0 aromatic carbocycles. The topological polar surface area (TPSA) is 38.0 Å². The summed E-state index contributed by atoms with van der Waals surface area (Å²) in [5.41, 5.74) is 6.13. The molecule has 0 aliphatic heterocycles. The minimum Gasteiger partial charge on any atom is -0.330 e. The van der Waals surface area contributed by atoms with E-state index in [1.54, 1.807) is 0 Å². The fraction of sp³-hybridized carbons (Fsp3) is 1.00. The third-order valence-electron chi connectivity index (χ3n) is 4.46. The number of nitrogens with two attached hydrogens (primary N) is 1. The summed E-state index contributed by atoms with van der Waals surface area (Å²) in [7, 11) is 0. The van der Waals surface area contributed by atoms with Gasteiger partial charge in [-0.05, 0) is 62.4 Å². The monoisotopic (exact) mass is 254 g/mol. The Balaban J connectivity index is 2.09. The van der Waals surface area contributed by atoms with E-state index in [1.807, 2.05) is 0 Å². The maximum atomic E-state index is 5.72. The van der Waals surface area contributed by atoms with Gasteiger partial charge in [0.2, 0.25) is 0 Å².